The van der Waals surface area contributed by atoms with Crippen molar-refractivity contribution < 1.29 is 29.6 Å². The van der Waals surface area contributed by atoms with Crippen molar-refractivity contribution in [3.05, 3.63) is 34.1 Å². The minimum Gasteiger partial charge on any atom is -0.495 e. The molecule has 0 N–H and O–H groups in total. The van der Waals surface area contributed by atoms with Crippen LogP contribution in [0.2, 0.25) is 5.02 Å². The van der Waals surface area contributed by atoms with Crippen LogP contribution < -0.4 is 4.74 Å². The molecular weight excluding hydrogens is 388 g/mol. The van der Waals surface area contributed by atoms with E-state index in [-0.39, 0.29) is 20.4 Å². The average Bonchev–Trinajstić information content (AvgIpc) is 2.71. The molecule has 0 saturated heterocycles. The summed E-state index contributed by atoms with van der Waals surface area (Å²) in [6.07, 6.45) is 3.10. The van der Waals surface area contributed by atoms with Gasteiger partial charge in [-0.3, -0.25) is 0 Å². The first-order chi connectivity index (χ1) is 7.22. The fraction of sp³-hybridized carbons (Fsp3) is 0.100. The first-order valence-electron chi connectivity index (χ1n) is 4.15. The second-order valence-corrected chi connectivity index (χ2v) is 4.07. The number of oxazole rings is 1. The number of methoxy groups -OCH3 is 1. The van der Waals surface area contributed by atoms with E-state index in [0.29, 0.717) is 16.7 Å². The molecule has 3 nitrogen and oxygen atoms in total. The van der Waals surface area contributed by atoms with E-state index in [2.05, 4.69) is 20.9 Å². The van der Waals surface area contributed by atoms with Crippen molar-refractivity contribution in [3.63, 3.8) is 0 Å². The Morgan fingerprint density at radius 1 is 1.44 bits per heavy atom. The van der Waals surface area contributed by atoms with Crippen molar-refractivity contribution in [3.8, 4) is 17.2 Å². The first-order valence-corrected chi connectivity index (χ1v) is 5.32. The van der Waals surface area contributed by atoms with Gasteiger partial charge in [0.25, 0.3) is 0 Å². The molecule has 0 atom stereocenters. The molecule has 16 heavy (non-hydrogen) atoms. The summed E-state index contributed by atoms with van der Waals surface area (Å²) in [6, 6.07) is 3.53. The van der Waals surface area contributed by atoms with Crippen LogP contribution in [0.3, 0.4) is 0 Å². The largest absolute Gasteiger partial charge is 0.495 e. The molecule has 2 aromatic rings. The SMILES string of the molecule is COc1cc(-c2ncco2)c(Br)cc1Cl.[Pd]. The summed E-state index contributed by atoms with van der Waals surface area (Å²) in [5, 5.41) is 0.541. The van der Waals surface area contributed by atoms with Crippen molar-refractivity contribution in [1.29, 1.82) is 0 Å². The van der Waals surface area contributed by atoms with Crippen LogP contribution in [0.25, 0.3) is 11.5 Å². The Hall–Kier alpha value is -0.338. The number of benzene rings is 1. The second-order valence-electron chi connectivity index (χ2n) is 2.80. The number of ether oxygens (including phenoxy) is 1. The Morgan fingerprint density at radius 2 is 2.19 bits per heavy atom. The third-order valence-electron chi connectivity index (χ3n) is 1.90. The number of aromatic nitrogens is 1. The van der Waals surface area contributed by atoms with E-state index in [4.69, 9.17) is 20.8 Å². The fourth-order valence-electron chi connectivity index (χ4n) is 1.21. The van der Waals surface area contributed by atoms with Crippen molar-refractivity contribution >= 4 is 27.5 Å². The topological polar surface area (TPSA) is 35.3 Å². The van der Waals surface area contributed by atoms with Crippen molar-refractivity contribution in [2.24, 2.45) is 0 Å². The predicted octanol–water partition coefficient (Wildman–Crippen LogP) is 3.76. The molecule has 0 radical (unpaired) electrons. The Balaban J connectivity index is 0.00000128. The Kier molecular flexibility index (Phi) is 5.00. The summed E-state index contributed by atoms with van der Waals surface area (Å²) in [4.78, 5) is 4.06. The van der Waals surface area contributed by atoms with E-state index in [9.17, 15) is 0 Å². The van der Waals surface area contributed by atoms with Crippen LogP contribution in [0.4, 0.5) is 0 Å². The number of nitrogens with zero attached hydrogens (tertiary/aromatic N) is 1. The van der Waals surface area contributed by atoms with E-state index in [0.717, 1.165) is 10.0 Å². The number of hydrogen-bond acceptors (Lipinski definition) is 3. The van der Waals surface area contributed by atoms with Crippen LogP contribution in [0.5, 0.6) is 5.75 Å². The van der Waals surface area contributed by atoms with Crippen LogP contribution in [0.15, 0.2) is 33.5 Å². The quantitative estimate of drug-likeness (QED) is 0.727. The van der Waals surface area contributed by atoms with E-state index in [1.807, 2.05) is 0 Å². The van der Waals surface area contributed by atoms with Gasteiger partial charge in [0.05, 0.1) is 23.9 Å². The van der Waals surface area contributed by atoms with Gasteiger partial charge in [0, 0.05) is 24.9 Å². The van der Waals surface area contributed by atoms with Crippen LogP contribution in [-0.2, 0) is 20.4 Å². The van der Waals surface area contributed by atoms with Crippen molar-refractivity contribution in [2.45, 2.75) is 0 Å². The normalized spacial score (nSPS) is 9.69. The zero-order valence-corrected chi connectivity index (χ0v) is 12.0. The molecule has 0 aliphatic carbocycles. The molecule has 88 valence electrons. The molecular formula is C10H7BrClNO2Pd. The van der Waals surface area contributed by atoms with Gasteiger partial charge in [-0.2, -0.15) is 0 Å². The van der Waals surface area contributed by atoms with E-state index < -0.39 is 0 Å². The fourth-order valence-corrected chi connectivity index (χ4v) is 2.09. The molecule has 0 spiro atoms. The molecule has 0 fully saturated rings. The van der Waals surface area contributed by atoms with Crippen molar-refractivity contribution in [1.82, 2.24) is 4.98 Å². The molecule has 1 aromatic carbocycles. The Labute approximate surface area is 120 Å². The zero-order chi connectivity index (χ0) is 10.8. The minimum atomic E-state index is 0. The third kappa shape index (κ3) is 2.67. The Bertz CT molecular complexity index is 476. The van der Waals surface area contributed by atoms with Gasteiger partial charge in [-0.1, -0.05) is 11.6 Å². The maximum absolute atomic E-state index is 5.96. The van der Waals surface area contributed by atoms with Gasteiger partial charge in [-0.25, -0.2) is 4.98 Å². The first kappa shape index (κ1) is 13.7. The maximum Gasteiger partial charge on any atom is 0.227 e. The van der Waals surface area contributed by atoms with Crippen molar-refractivity contribution in [2.75, 3.05) is 7.11 Å². The number of halogens is 2. The van der Waals surface area contributed by atoms with E-state index in [1.165, 1.54) is 6.26 Å². The second kappa shape index (κ2) is 5.83. The van der Waals surface area contributed by atoms with Crippen LogP contribution in [-0.4, -0.2) is 12.1 Å². The van der Waals surface area contributed by atoms with Crippen LogP contribution in [0, 0.1) is 0 Å². The summed E-state index contributed by atoms with van der Waals surface area (Å²) >= 11 is 9.35. The summed E-state index contributed by atoms with van der Waals surface area (Å²) in [5.74, 6) is 1.12. The van der Waals surface area contributed by atoms with Gasteiger partial charge in [-0.05, 0) is 28.1 Å². The monoisotopic (exact) mass is 393 g/mol. The maximum atomic E-state index is 5.96. The molecule has 1 heterocycles. The van der Waals surface area contributed by atoms with Gasteiger partial charge >= 0.3 is 0 Å². The standard InChI is InChI=1S/C10H7BrClNO2.Pd/c1-14-9-4-6(7(11)5-8(9)12)10-13-2-3-15-10;/h2-5H,1H3;. The molecule has 0 unspecified atom stereocenters. The smallest absolute Gasteiger partial charge is 0.227 e. The molecule has 6 heteroatoms. The van der Waals surface area contributed by atoms with Crippen LogP contribution >= 0.6 is 27.5 Å². The predicted molar refractivity (Wildman–Crippen MR) is 61.2 cm³/mol. The minimum absolute atomic E-state index is 0. The molecule has 0 aliphatic rings. The molecule has 1 aromatic heterocycles. The summed E-state index contributed by atoms with van der Waals surface area (Å²) < 4.78 is 11.1. The summed E-state index contributed by atoms with van der Waals surface area (Å²) in [5.41, 5.74) is 0.807. The summed E-state index contributed by atoms with van der Waals surface area (Å²) in [6.45, 7) is 0. The van der Waals surface area contributed by atoms with E-state index >= 15 is 0 Å². The molecule has 0 aliphatic heterocycles. The van der Waals surface area contributed by atoms with Gasteiger partial charge in [0.1, 0.15) is 12.0 Å². The van der Waals surface area contributed by atoms with E-state index in [1.54, 1.807) is 25.4 Å². The Morgan fingerprint density at radius 3 is 2.75 bits per heavy atom. The third-order valence-corrected chi connectivity index (χ3v) is 2.86. The molecule has 2 rings (SSSR count). The average molecular weight is 395 g/mol. The number of rotatable bonds is 2. The van der Waals surface area contributed by atoms with Gasteiger partial charge in [-0.15, -0.1) is 0 Å². The molecule has 0 amide bonds. The number of hydrogen-bond donors (Lipinski definition) is 0. The van der Waals surface area contributed by atoms with Gasteiger partial charge in [0.15, 0.2) is 0 Å². The van der Waals surface area contributed by atoms with Gasteiger partial charge < -0.3 is 9.15 Å². The molecule has 0 saturated carbocycles. The summed E-state index contributed by atoms with van der Waals surface area (Å²) in [7, 11) is 1.56. The van der Waals surface area contributed by atoms with Gasteiger partial charge in [0.2, 0.25) is 5.89 Å². The van der Waals surface area contributed by atoms with Crippen LogP contribution in [0.1, 0.15) is 0 Å². The zero-order valence-electron chi connectivity index (χ0n) is 8.15. The molecule has 0 bridgehead atoms.